The second kappa shape index (κ2) is 4.78. The fourth-order valence-corrected chi connectivity index (χ4v) is 1.72. The van der Waals surface area contributed by atoms with Gasteiger partial charge in [-0.2, -0.15) is 0 Å². The van der Waals surface area contributed by atoms with E-state index in [1.807, 2.05) is 31.2 Å². The summed E-state index contributed by atoms with van der Waals surface area (Å²) in [6, 6.07) is 11.2. The Hall–Kier alpha value is -2.16. The van der Waals surface area contributed by atoms with Crippen LogP contribution in [0.25, 0.3) is 0 Å². The highest BCUT2D eigenvalue weighted by Gasteiger charge is 2.12. The third-order valence-corrected chi connectivity index (χ3v) is 2.72. The van der Waals surface area contributed by atoms with Gasteiger partial charge < -0.3 is 5.73 Å². The summed E-state index contributed by atoms with van der Waals surface area (Å²) >= 11 is 0. The number of Topliss-reactive ketones (excluding diaryl/α,β-unsaturated/α-hetero) is 1. The molecule has 0 unspecified atom stereocenters. The molecule has 0 aliphatic rings. The molecule has 0 aliphatic carbocycles. The van der Waals surface area contributed by atoms with Crippen molar-refractivity contribution in [2.24, 2.45) is 0 Å². The van der Waals surface area contributed by atoms with Gasteiger partial charge in [0.2, 0.25) is 0 Å². The molecule has 2 rings (SSSR count). The summed E-state index contributed by atoms with van der Waals surface area (Å²) in [6.07, 6.45) is 1.93. The summed E-state index contributed by atoms with van der Waals surface area (Å²) in [5.41, 5.74) is 8.65. The van der Waals surface area contributed by atoms with Crippen molar-refractivity contribution in [3.63, 3.8) is 0 Å². The Labute approximate surface area is 100 Å². The van der Waals surface area contributed by atoms with Gasteiger partial charge in [0, 0.05) is 12.6 Å². The fourth-order valence-electron chi connectivity index (χ4n) is 1.72. The van der Waals surface area contributed by atoms with Crippen LogP contribution in [-0.2, 0) is 6.42 Å². The van der Waals surface area contributed by atoms with Crippen LogP contribution in [0.15, 0.2) is 42.6 Å². The molecular formula is C14H14N2O. The number of ketones is 1. The quantitative estimate of drug-likeness (QED) is 0.817. The predicted molar refractivity (Wildman–Crippen MR) is 67.9 cm³/mol. The molecule has 0 amide bonds. The topological polar surface area (TPSA) is 56.0 Å². The molecular weight excluding hydrogens is 212 g/mol. The van der Waals surface area contributed by atoms with E-state index in [-0.39, 0.29) is 5.78 Å². The molecule has 17 heavy (non-hydrogen) atoms. The van der Waals surface area contributed by atoms with Crippen molar-refractivity contribution in [2.75, 3.05) is 5.73 Å². The molecule has 2 aromatic rings. The highest BCUT2D eigenvalue weighted by molar-refractivity contribution is 6.00. The number of nitrogens with zero attached hydrogens (tertiary/aromatic N) is 1. The molecule has 0 aliphatic heterocycles. The van der Waals surface area contributed by atoms with Crippen LogP contribution in [-0.4, -0.2) is 10.8 Å². The van der Waals surface area contributed by atoms with Crippen molar-refractivity contribution in [2.45, 2.75) is 13.3 Å². The standard InChI is InChI=1S/C14H14N2O/c1-10-5-2-3-6-11(10)9-13(17)14-12(15)7-4-8-16-14/h2-8H,9,15H2,1H3. The zero-order valence-electron chi connectivity index (χ0n) is 9.68. The van der Waals surface area contributed by atoms with Gasteiger partial charge in [0.05, 0.1) is 5.69 Å². The number of aryl methyl sites for hydroxylation is 1. The maximum atomic E-state index is 12.0. The lowest BCUT2D eigenvalue weighted by Crippen LogP contribution is -2.09. The van der Waals surface area contributed by atoms with Crippen LogP contribution in [0.5, 0.6) is 0 Å². The van der Waals surface area contributed by atoms with Crippen LogP contribution in [0.4, 0.5) is 5.69 Å². The molecule has 0 fully saturated rings. The van der Waals surface area contributed by atoms with Crippen molar-refractivity contribution in [3.05, 3.63) is 59.4 Å². The molecule has 0 radical (unpaired) electrons. The third-order valence-electron chi connectivity index (χ3n) is 2.72. The third kappa shape index (κ3) is 2.50. The van der Waals surface area contributed by atoms with E-state index in [1.165, 1.54) is 0 Å². The number of hydrogen-bond donors (Lipinski definition) is 1. The minimum Gasteiger partial charge on any atom is -0.397 e. The number of benzene rings is 1. The van der Waals surface area contributed by atoms with Gasteiger partial charge in [-0.3, -0.25) is 9.78 Å². The van der Waals surface area contributed by atoms with Crippen molar-refractivity contribution in [1.82, 2.24) is 4.98 Å². The first-order chi connectivity index (χ1) is 8.18. The van der Waals surface area contributed by atoms with E-state index in [2.05, 4.69) is 4.98 Å². The van der Waals surface area contributed by atoms with Gasteiger partial charge in [-0.05, 0) is 30.2 Å². The largest absolute Gasteiger partial charge is 0.397 e. The number of aromatic nitrogens is 1. The van der Waals surface area contributed by atoms with Crippen molar-refractivity contribution >= 4 is 11.5 Å². The van der Waals surface area contributed by atoms with E-state index >= 15 is 0 Å². The first-order valence-electron chi connectivity index (χ1n) is 5.46. The van der Waals surface area contributed by atoms with Gasteiger partial charge in [-0.1, -0.05) is 24.3 Å². The second-order valence-electron chi connectivity index (χ2n) is 3.97. The molecule has 2 N–H and O–H groups in total. The number of pyridine rings is 1. The van der Waals surface area contributed by atoms with E-state index in [1.54, 1.807) is 18.3 Å². The molecule has 86 valence electrons. The molecule has 0 saturated heterocycles. The molecule has 0 atom stereocenters. The normalized spacial score (nSPS) is 10.2. The number of anilines is 1. The SMILES string of the molecule is Cc1ccccc1CC(=O)c1ncccc1N. The highest BCUT2D eigenvalue weighted by atomic mass is 16.1. The van der Waals surface area contributed by atoms with Gasteiger partial charge in [-0.15, -0.1) is 0 Å². The van der Waals surface area contributed by atoms with Crippen molar-refractivity contribution in [1.29, 1.82) is 0 Å². The van der Waals surface area contributed by atoms with Gasteiger partial charge in [0.25, 0.3) is 0 Å². The smallest absolute Gasteiger partial charge is 0.187 e. The van der Waals surface area contributed by atoms with Gasteiger partial charge in [0.1, 0.15) is 5.69 Å². The van der Waals surface area contributed by atoms with Gasteiger partial charge in [0.15, 0.2) is 5.78 Å². The zero-order chi connectivity index (χ0) is 12.3. The van der Waals surface area contributed by atoms with Gasteiger partial charge in [-0.25, -0.2) is 0 Å². The van der Waals surface area contributed by atoms with Crippen LogP contribution in [0.2, 0.25) is 0 Å². The average Bonchev–Trinajstić information content (AvgIpc) is 2.32. The molecule has 3 heteroatoms. The number of carbonyl (C=O) groups is 1. The maximum Gasteiger partial charge on any atom is 0.187 e. The van der Waals surface area contributed by atoms with Crippen LogP contribution >= 0.6 is 0 Å². The van der Waals surface area contributed by atoms with E-state index in [0.29, 0.717) is 17.8 Å². The van der Waals surface area contributed by atoms with Crippen molar-refractivity contribution in [3.8, 4) is 0 Å². The minimum absolute atomic E-state index is 0.0441. The minimum atomic E-state index is -0.0441. The Morgan fingerprint density at radius 2 is 2.00 bits per heavy atom. The fraction of sp³-hybridized carbons (Fsp3) is 0.143. The number of nitrogen functional groups attached to an aromatic ring is 1. The Kier molecular flexibility index (Phi) is 3.19. The van der Waals surface area contributed by atoms with E-state index in [9.17, 15) is 4.79 Å². The number of hydrogen-bond acceptors (Lipinski definition) is 3. The molecule has 0 bridgehead atoms. The average molecular weight is 226 g/mol. The summed E-state index contributed by atoms with van der Waals surface area (Å²) in [5.74, 6) is -0.0441. The Morgan fingerprint density at radius 3 is 2.71 bits per heavy atom. The van der Waals surface area contributed by atoms with Crippen molar-refractivity contribution < 1.29 is 4.79 Å². The molecule has 1 heterocycles. The molecule has 3 nitrogen and oxygen atoms in total. The molecule has 1 aromatic carbocycles. The number of nitrogens with two attached hydrogens (primary N) is 1. The summed E-state index contributed by atoms with van der Waals surface area (Å²) in [7, 11) is 0. The van der Waals surface area contributed by atoms with Crippen LogP contribution in [0, 0.1) is 6.92 Å². The Morgan fingerprint density at radius 1 is 1.24 bits per heavy atom. The molecule has 0 spiro atoms. The lowest BCUT2D eigenvalue weighted by molar-refractivity contribution is 0.0989. The van der Waals surface area contributed by atoms with Crippen LogP contribution in [0.3, 0.4) is 0 Å². The van der Waals surface area contributed by atoms with E-state index < -0.39 is 0 Å². The summed E-state index contributed by atoms with van der Waals surface area (Å²) in [6.45, 7) is 1.99. The lowest BCUT2D eigenvalue weighted by atomic mass is 10.0. The maximum absolute atomic E-state index is 12.0. The lowest BCUT2D eigenvalue weighted by Gasteiger charge is -2.05. The monoisotopic (exact) mass is 226 g/mol. The summed E-state index contributed by atoms with van der Waals surface area (Å²) in [4.78, 5) is 16.1. The Bertz CT molecular complexity index is 549. The number of rotatable bonds is 3. The van der Waals surface area contributed by atoms with Gasteiger partial charge >= 0.3 is 0 Å². The van der Waals surface area contributed by atoms with E-state index in [4.69, 9.17) is 5.73 Å². The van der Waals surface area contributed by atoms with Crippen LogP contribution < -0.4 is 5.73 Å². The number of carbonyl (C=O) groups excluding carboxylic acids is 1. The predicted octanol–water partition coefficient (Wildman–Crippen LogP) is 2.40. The highest BCUT2D eigenvalue weighted by Crippen LogP contribution is 2.14. The first kappa shape index (κ1) is 11.3. The first-order valence-corrected chi connectivity index (χ1v) is 5.46. The zero-order valence-corrected chi connectivity index (χ0v) is 9.68. The summed E-state index contributed by atoms with van der Waals surface area (Å²) in [5, 5.41) is 0. The molecule has 1 aromatic heterocycles. The Balaban J connectivity index is 2.24. The molecule has 0 saturated carbocycles. The van der Waals surface area contributed by atoms with E-state index in [0.717, 1.165) is 11.1 Å². The second-order valence-corrected chi connectivity index (χ2v) is 3.97. The van der Waals surface area contributed by atoms with Crippen LogP contribution in [0.1, 0.15) is 21.6 Å². The summed E-state index contributed by atoms with van der Waals surface area (Å²) < 4.78 is 0.